The summed E-state index contributed by atoms with van der Waals surface area (Å²) in [6.45, 7) is 6.27. The van der Waals surface area contributed by atoms with Gasteiger partial charge in [-0.2, -0.15) is 0 Å². The second kappa shape index (κ2) is 9.34. The van der Waals surface area contributed by atoms with Gasteiger partial charge >= 0.3 is 0 Å². The minimum atomic E-state index is -0.243. The highest BCUT2D eigenvalue weighted by Crippen LogP contribution is 2.18. The van der Waals surface area contributed by atoms with E-state index in [1.807, 2.05) is 43.3 Å². The van der Waals surface area contributed by atoms with E-state index in [0.717, 1.165) is 30.1 Å². The van der Waals surface area contributed by atoms with Crippen molar-refractivity contribution in [2.24, 2.45) is 0 Å². The lowest BCUT2D eigenvalue weighted by molar-refractivity contribution is 0.0945. The zero-order chi connectivity index (χ0) is 20.8. The number of nitrogens with one attached hydrogen (secondary N) is 1. The van der Waals surface area contributed by atoms with Crippen LogP contribution in [0, 0.1) is 6.92 Å². The summed E-state index contributed by atoms with van der Waals surface area (Å²) in [5.74, 6) is 0.477. The second-order valence-electron chi connectivity index (χ2n) is 6.97. The lowest BCUT2D eigenvalue weighted by atomic mass is 10.1. The molecule has 1 N–H and O–H groups in total. The van der Waals surface area contributed by atoms with E-state index in [2.05, 4.69) is 46.6 Å². The first-order valence-electron chi connectivity index (χ1n) is 9.63. The van der Waals surface area contributed by atoms with Crippen LogP contribution in [0.15, 0.2) is 48.5 Å². The van der Waals surface area contributed by atoms with Crippen LogP contribution < -0.4 is 10.1 Å². The predicted octanol–water partition coefficient (Wildman–Crippen LogP) is 2.97. The van der Waals surface area contributed by atoms with E-state index in [1.54, 1.807) is 11.8 Å². The molecule has 7 nitrogen and oxygen atoms in total. The van der Waals surface area contributed by atoms with Gasteiger partial charge in [0.15, 0.2) is 5.69 Å². The van der Waals surface area contributed by atoms with Crippen LogP contribution in [0.5, 0.6) is 5.75 Å². The summed E-state index contributed by atoms with van der Waals surface area (Å²) in [5, 5.41) is 11.2. The lowest BCUT2D eigenvalue weighted by Gasteiger charge is -2.14. The topological polar surface area (TPSA) is 72.3 Å². The lowest BCUT2D eigenvalue weighted by Crippen LogP contribution is -2.24. The fourth-order valence-corrected chi connectivity index (χ4v) is 3.05. The van der Waals surface area contributed by atoms with Gasteiger partial charge in [-0.1, -0.05) is 42.5 Å². The fourth-order valence-electron chi connectivity index (χ4n) is 3.05. The van der Waals surface area contributed by atoms with Crippen molar-refractivity contribution in [3.05, 3.63) is 71.0 Å². The second-order valence-corrected chi connectivity index (χ2v) is 6.97. The third kappa shape index (κ3) is 5.00. The highest BCUT2D eigenvalue weighted by atomic mass is 16.5. The maximum Gasteiger partial charge on any atom is 0.274 e. The van der Waals surface area contributed by atoms with Crippen molar-refractivity contribution in [1.82, 2.24) is 25.2 Å². The molecule has 0 unspecified atom stereocenters. The number of methoxy groups -OCH3 is 1. The average Bonchev–Trinajstić information content (AvgIpc) is 3.13. The van der Waals surface area contributed by atoms with Crippen molar-refractivity contribution >= 4 is 5.91 Å². The Balaban J connectivity index is 1.69. The largest absolute Gasteiger partial charge is 0.497 e. The summed E-state index contributed by atoms with van der Waals surface area (Å²) in [6.07, 6.45) is 0. The van der Waals surface area contributed by atoms with Crippen LogP contribution in [0.4, 0.5) is 0 Å². The number of carbonyl (C=O) groups is 1. The van der Waals surface area contributed by atoms with Crippen LogP contribution in [0.3, 0.4) is 0 Å². The molecule has 3 rings (SSSR count). The molecule has 0 bridgehead atoms. The number of benzene rings is 2. The van der Waals surface area contributed by atoms with Gasteiger partial charge in [0.25, 0.3) is 5.91 Å². The SMILES string of the molecule is CCN(C)Cc1cccc(CNC(=O)c2nnn(-c3cccc(OC)c3)c2C)c1. The van der Waals surface area contributed by atoms with Crippen molar-refractivity contribution in [2.45, 2.75) is 26.9 Å². The molecular formula is C22H27N5O2. The first kappa shape index (κ1) is 20.5. The number of carbonyl (C=O) groups excluding carboxylic acids is 1. The molecule has 1 amide bonds. The Bertz CT molecular complexity index is 983. The number of nitrogens with zero attached hydrogens (tertiary/aromatic N) is 4. The highest BCUT2D eigenvalue weighted by molar-refractivity contribution is 5.93. The van der Waals surface area contributed by atoms with Crippen LogP contribution in [0.25, 0.3) is 5.69 Å². The molecule has 0 saturated heterocycles. The zero-order valence-electron chi connectivity index (χ0n) is 17.3. The summed E-state index contributed by atoms with van der Waals surface area (Å²) < 4.78 is 6.89. The van der Waals surface area contributed by atoms with E-state index in [1.165, 1.54) is 5.56 Å². The van der Waals surface area contributed by atoms with E-state index >= 15 is 0 Å². The van der Waals surface area contributed by atoms with Gasteiger partial charge in [-0.15, -0.1) is 5.10 Å². The zero-order valence-corrected chi connectivity index (χ0v) is 17.3. The van der Waals surface area contributed by atoms with Gasteiger partial charge in [0, 0.05) is 19.2 Å². The normalized spacial score (nSPS) is 10.9. The molecule has 2 aromatic carbocycles. The molecule has 0 spiro atoms. The summed E-state index contributed by atoms with van der Waals surface area (Å²) in [5.41, 5.74) is 4.06. The number of aromatic nitrogens is 3. The number of ether oxygens (including phenoxy) is 1. The first-order chi connectivity index (χ1) is 14.0. The van der Waals surface area contributed by atoms with Gasteiger partial charge in [0.05, 0.1) is 18.5 Å². The Morgan fingerprint density at radius 3 is 2.69 bits per heavy atom. The Kier molecular flexibility index (Phi) is 6.61. The van der Waals surface area contributed by atoms with Gasteiger partial charge in [0.2, 0.25) is 0 Å². The predicted molar refractivity (Wildman–Crippen MR) is 112 cm³/mol. The minimum absolute atomic E-state index is 0.243. The van der Waals surface area contributed by atoms with E-state index in [4.69, 9.17) is 4.74 Å². The Morgan fingerprint density at radius 1 is 1.17 bits per heavy atom. The van der Waals surface area contributed by atoms with Gasteiger partial charge in [-0.25, -0.2) is 4.68 Å². The number of rotatable bonds is 8. The van der Waals surface area contributed by atoms with Gasteiger partial charge in [0.1, 0.15) is 5.75 Å². The fraction of sp³-hybridized carbons (Fsp3) is 0.318. The molecule has 0 saturated carbocycles. The molecule has 1 aromatic heterocycles. The molecule has 0 fully saturated rings. The molecule has 0 aliphatic rings. The van der Waals surface area contributed by atoms with Crippen molar-refractivity contribution in [3.8, 4) is 11.4 Å². The Morgan fingerprint density at radius 2 is 1.93 bits per heavy atom. The van der Waals surface area contributed by atoms with Gasteiger partial charge in [-0.3, -0.25) is 4.79 Å². The molecule has 0 radical (unpaired) electrons. The smallest absolute Gasteiger partial charge is 0.274 e. The molecule has 152 valence electrons. The first-order valence-corrected chi connectivity index (χ1v) is 9.63. The average molecular weight is 393 g/mol. The van der Waals surface area contributed by atoms with Crippen molar-refractivity contribution in [2.75, 3.05) is 20.7 Å². The molecule has 29 heavy (non-hydrogen) atoms. The van der Waals surface area contributed by atoms with Crippen molar-refractivity contribution < 1.29 is 9.53 Å². The quantitative estimate of drug-likeness (QED) is 0.637. The van der Waals surface area contributed by atoms with Crippen molar-refractivity contribution in [3.63, 3.8) is 0 Å². The summed E-state index contributed by atoms with van der Waals surface area (Å²) >= 11 is 0. The Labute approximate surface area is 171 Å². The van der Waals surface area contributed by atoms with Crippen LogP contribution in [0.1, 0.15) is 34.2 Å². The maximum atomic E-state index is 12.7. The van der Waals surface area contributed by atoms with Crippen molar-refractivity contribution in [1.29, 1.82) is 0 Å². The van der Waals surface area contributed by atoms with E-state index in [-0.39, 0.29) is 5.91 Å². The number of hydrogen-bond donors (Lipinski definition) is 1. The Hall–Kier alpha value is -3.19. The molecule has 0 aliphatic heterocycles. The number of hydrogen-bond acceptors (Lipinski definition) is 5. The summed E-state index contributed by atoms with van der Waals surface area (Å²) in [7, 11) is 3.70. The summed E-state index contributed by atoms with van der Waals surface area (Å²) in [6, 6.07) is 15.7. The van der Waals surface area contributed by atoms with Crippen LogP contribution in [-0.2, 0) is 13.1 Å². The van der Waals surface area contributed by atoms with E-state index in [0.29, 0.717) is 17.9 Å². The van der Waals surface area contributed by atoms with Crippen LogP contribution >= 0.6 is 0 Å². The molecule has 7 heteroatoms. The standard InChI is InChI=1S/C22H27N5O2/c1-5-26(3)15-18-9-6-8-17(12-18)14-23-22(28)21-16(2)27(25-24-21)19-10-7-11-20(13-19)29-4/h6-13H,5,14-15H2,1-4H3,(H,23,28). The molecule has 0 atom stereocenters. The third-order valence-corrected chi connectivity index (χ3v) is 4.84. The molecule has 3 aromatic rings. The molecule has 1 heterocycles. The van der Waals surface area contributed by atoms with E-state index in [9.17, 15) is 4.79 Å². The molecule has 0 aliphatic carbocycles. The number of amides is 1. The van der Waals surface area contributed by atoms with E-state index < -0.39 is 0 Å². The van der Waals surface area contributed by atoms with Crippen LogP contribution in [0.2, 0.25) is 0 Å². The molecular weight excluding hydrogens is 366 g/mol. The van der Waals surface area contributed by atoms with Gasteiger partial charge < -0.3 is 15.0 Å². The maximum absolute atomic E-state index is 12.7. The third-order valence-electron chi connectivity index (χ3n) is 4.84. The highest BCUT2D eigenvalue weighted by Gasteiger charge is 2.17. The van der Waals surface area contributed by atoms with Gasteiger partial charge in [-0.05, 0) is 43.8 Å². The minimum Gasteiger partial charge on any atom is -0.497 e. The van der Waals surface area contributed by atoms with Crippen LogP contribution in [-0.4, -0.2) is 46.5 Å². The summed E-state index contributed by atoms with van der Waals surface area (Å²) in [4.78, 5) is 14.9. The monoisotopic (exact) mass is 393 g/mol.